The van der Waals surface area contributed by atoms with E-state index in [9.17, 15) is 0 Å². The first kappa shape index (κ1) is 16.1. The number of rotatable bonds is 0. The molecular formula is H3AlCuInSe. The van der Waals surface area contributed by atoms with Crippen molar-refractivity contribution in [2.75, 3.05) is 0 Å². The molecule has 2 radical (unpaired) electrons. The molecule has 0 unspecified atom stereocenters. The monoisotopic (exact) mass is 288 g/mol. The van der Waals surface area contributed by atoms with Gasteiger partial charge in [-0.25, -0.2) is 0 Å². The van der Waals surface area contributed by atoms with E-state index in [1.165, 1.54) is 21.4 Å². The van der Waals surface area contributed by atoms with Gasteiger partial charge >= 0.3 is 33.2 Å². The van der Waals surface area contributed by atoms with Crippen molar-refractivity contribution >= 4 is 50.6 Å². The fourth-order valence-corrected chi connectivity index (χ4v) is 0. The summed E-state index contributed by atoms with van der Waals surface area (Å²) < 4.78 is 0. The van der Waals surface area contributed by atoms with Crippen molar-refractivity contribution in [1.29, 1.82) is 0 Å². The number of hydrogen-bond acceptors (Lipinski definition) is 0. The van der Waals surface area contributed by atoms with Crippen molar-refractivity contribution in [3.8, 4) is 0 Å². The van der Waals surface area contributed by atoms with Crippen LogP contribution in [-0.2, 0) is 17.1 Å². The van der Waals surface area contributed by atoms with Crippen molar-refractivity contribution in [1.82, 2.24) is 0 Å². The van der Waals surface area contributed by atoms with Gasteiger partial charge in [-0.1, -0.05) is 0 Å². The van der Waals surface area contributed by atoms with Crippen LogP contribution in [0.5, 0.6) is 0 Å². The van der Waals surface area contributed by atoms with Crippen LogP contribution in [0.15, 0.2) is 0 Å². The zero-order valence-electron chi connectivity index (χ0n) is 1.29. The van der Waals surface area contributed by atoms with E-state index < -0.39 is 0 Å². The van der Waals surface area contributed by atoms with Gasteiger partial charge < -0.3 is 0 Å². The van der Waals surface area contributed by atoms with E-state index >= 15 is 0 Å². The standard InChI is InChI=1S/Al.Cu.In.Se.3H. The van der Waals surface area contributed by atoms with Gasteiger partial charge in [0.15, 0.2) is 17.4 Å². The summed E-state index contributed by atoms with van der Waals surface area (Å²) in [4.78, 5) is 0. The van der Waals surface area contributed by atoms with Crippen LogP contribution in [0, 0.1) is 0 Å². The molecule has 0 amide bonds. The molecule has 0 N–H and O–H groups in total. The second-order valence-electron chi connectivity index (χ2n) is 0. The molecule has 0 saturated heterocycles. The molecule has 0 aliphatic heterocycles. The maximum absolute atomic E-state index is 2.76. The third-order valence-corrected chi connectivity index (χ3v) is 0. The van der Waals surface area contributed by atoms with Gasteiger partial charge in [0, 0.05) is 17.1 Å². The molecule has 0 fully saturated rings. The molecule has 0 bridgehead atoms. The molecule has 0 heterocycles. The van der Waals surface area contributed by atoms with Crippen molar-refractivity contribution in [2.24, 2.45) is 0 Å². The molecule has 0 atom stereocenters. The minimum absolute atomic E-state index is 0. The first-order valence-electron chi connectivity index (χ1n) is 0.236. The quantitative estimate of drug-likeness (QED) is 0.455. The average molecular weight is 287 g/mol. The van der Waals surface area contributed by atoms with E-state index in [2.05, 4.69) is 11.8 Å². The van der Waals surface area contributed by atoms with Crippen molar-refractivity contribution in [3.63, 3.8) is 0 Å². The molecule has 26 valence electrons. The molecule has 4 heavy (non-hydrogen) atoms. The van der Waals surface area contributed by atoms with Crippen molar-refractivity contribution < 1.29 is 17.1 Å². The van der Waals surface area contributed by atoms with Crippen molar-refractivity contribution in [2.45, 2.75) is 0 Å². The summed E-state index contributed by atoms with van der Waals surface area (Å²) in [7, 11) is 0. The summed E-state index contributed by atoms with van der Waals surface area (Å²) in [6.45, 7) is 0. The Labute approximate surface area is 66.6 Å². The summed E-state index contributed by atoms with van der Waals surface area (Å²) in [5.41, 5.74) is 0. The van der Waals surface area contributed by atoms with E-state index in [4.69, 9.17) is 0 Å². The second kappa shape index (κ2) is 18.0. The predicted molar refractivity (Wildman–Crippen MR) is 21.4 cm³/mol. The Morgan fingerprint density at radius 3 is 1.25 bits per heavy atom. The fourth-order valence-electron chi connectivity index (χ4n) is 0. The van der Waals surface area contributed by atoms with Crippen LogP contribution >= 0.6 is 0 Å². The predicted octanol–water partition coefficient (Wildman–Crippen LogP) is -1.95. The van der Waals surface area contributed by atoms with Crippen LogP contribution < -0.4 is 0 Å². The van der Waals surface area contributed by atoms with Crippen LogP contribution in [0.25, 0.3) is 0 Å². The van der Waals surface area contributed by atoms with E-state index in [0.29, 0.717) is 0 Å². The Bertz CT molecular complexity index is 8.00. The SMILES string of the molecule is [AlH3].[Cu].[Se]=[In]. The summed E-state index contributed by atoms with van der Waals surface area (Å²) in [6, 6.07) is 0. The molecule has 0 spiro atoms. The van der Waals surface area contributed by atoms with Crippen LogP contribution in [-0.4, -0.2) is 50.6 Å². The summed E-state index contributed by atoms with van der Waals surface area (Å²) in [5.74, 6) is 0. The molecule has 0 aliphatic carbocycles. The van der Waals surface area contributed by atoms with Crippen LogP contribution in [0.2, 0.25) is 0 Å². The second-order valence-corrected chi connectivity index (χ2v) is 0. The Morgan fingerprint density at radius 1 is 1.25 bits per heavy atom. The zero-order chi connectivity index (χ0) is 2.00. The van der Waals surface area contributed by atoms with Gasteiger partial charge in [0.25, 0.3) is 0 Å². The van der Waals surface area contributed by atoms with E-state index in [0.717, 1.165) is 0 Å². The Morgan fingerprint density at radius 2 is 1.25 bits per heavy atom. The summed E-state index contributed by atoms with van der Waals surface area (Å²) in [6.07, 6.45) is 0. The van der Waals surface area contributed by atoms with Crippen LogP contribution in [0.4, 0.5) is 0 Å². The topological polar surface area (TPSA) is 0 Å². The first-order chi connectivity index (χ1) is 1.00. The number of hydrogen-bond donors (Lipinski definition) is 0. The van der Waals surface area contributed by atoms with E-state index in [1.807, 2.05) is 0 Å². The molecule has 0 rings (SSSR count). The van der Waals surface area contributed by atoms with Gasteiger partial charge in [-0.05, 0) is 0 Å². The van der Waals surface area contributed by atoms with Gasteiger partial charge in [-0.15, -0.1) is 0 Å². The zero-order valence-corrected chi connectivity index (χ0v) is 7.24. The normalized spacial score (nSPS) is 0.750. The Balaban J connectivity index is -0.00000000500. The molecule has 0 saturated carbocycles. The van der Waals surface area contributed by atoms with Gasteiger partial charge in [0.1, 0.15) is 0 Å². The van der Waals surface area contributed by atoms with E-state index in [-0.39, 0.29) is 34.4 Å². The molecule has 0 nitrogen and oxygen atoms in total. The molecule has 0 aromatic heterocycles. The molecular weight excluding hydrogens is 284 g/mol. The molecule has 4 heteroatoms. The average Bonchev–Trinajstić information content (AvgIpc) is 1.00. The first-order valence-corrected chi connectivity index (χ1v) is 8.22. The Kier molecular flexibility index (Phi) is 72.5. The fraction of sp³-hybridized carbons (Fsp3) is 0. The minimum atomic E-state index is 0. The third kappa shape index (κ3) is 8.82. The van der Waals surface area contributed by atoms with Crippen LogP contribution in [0.1, 0.15) is 0 Å². The van der Waals surface area contributed by atoms with Gasteiger partial charge in [-0.3, -0.25) is 0 Å². The summed E-state index contributed by atoms with van der Waals surface area (Å²) >= 11 is 3.98. The van der Waals surface area contributed by atoms with Gasteiger partial charge in [-0.2, -0.15) is 0 Å². The van der Waals surface area contributed by atoms with Crippen LogP contribution in [0.3, 0.4) is 0 Å². The van der Waals surface area contributed by atoms with Crippen molar-refractivity contribution in [3.05, 3.63) is 0 Å². The third-order valence-electron chi connectivity index (χ3n) is 0. The molecule has 0 aromatic rings. The molecule has 0 aliphatic rings. The molecule has 0 aromatic carbocycles. The van der Waals surface area contributed by atoms with Gasteiger partial charge in [0.05, 0.1) is 0 Å². The van der Waals surface area contributed by atoms with E-state index in [1.54, 1.807) is 0 Å². The Hall–Kier alpha value is 2.44. The maximum atomic E-state index is 2.76. The van der Waals surface area contributed by atoms with Gasteiger partial charge in [0.2, 0.25) is 0 Å². The summed E-state index contributed by atoms with van der Waals surface area (Å²) in [5, 5.41) is 0.